The van der Waals surface area contributed by atoms with Gasteiger partial charge in [-0.05, 0) is 47.5 Å². The first kappa shape index (κ1) is 23.7. The van der Waals surface area contributed by atoms with Gasteiger partial charge in [0.1, 0.15) is 5.75 Å². The Kier molecular flexibility index (Phi) is 7.57. The standard InChI is InChI=1S/C24H23N3O5S/c1-18(28)32-21-14-12-19(13-15-21)16-25-26-24(29)22-10-6-7-11-23(22)27(33(2,30)31)17-20-8-4-3-5-9-20/h3-16H,17H2,1-2H3,(H,26,29)/b25-16+. The van der Waals surface area contributed by atoms with E-state index in [0.29, 0.717) is 11.3 Å². The number of benzene rings is 3. The van der Waals surface area contributed by atoms with Crippen molar-refractivity contribution in [3.8, 4) is 5.75 Å². The summed E-state index contributed by atoms with van der Waals surface area (Å²) >= 11 is 0. The highest BCUT2D eigenvalue weighted by Gasteiger charge is 2.23. The lowest BCUT2D eigenvalue weighted by atomic mass is 10.1. The number of carbonyl (C=O) groups is 2. The molecule has 0 aliphatic heterocycles. The normalized spacial score (nSPS) is 11.2. The van der Waals surface area contributed by atoms with Crippen LogP contribution in [0.25, 0.3) is 0 Å². The molecule has 170 valence electrons. The minimum atomic E-state index is -3.67. The molecule has 0 radical (unpaired) electrons. The van der Waals surface area contributed by atoms with Crippen molar-refractivity contribution >= 4 is 33.8 Å². The first-order valence-electron chi connectivity index (χ1n) is 9.96. The Morgan fingerprint density at radius 3 is 2.24 bits per heavy atom. The van der Waals surface area contributed by atoms with Gasteiger partial charge in [-0.1, -0.05) is 42.5 Å². The molecule has 0 fully saturated rings. The van der Waals surface area contributed by atoms with E-state index in [0.717, 1.165) is 11.8 Å². The molecular formula is C24H23N3O5S. The number of hydrogen-bond acceptors (Lipinski definition) is 6. The van der Waals surface area contributed by atoms with Crippen molar-refractivity contribution in [2.45, 2.75) is 13.5 Å². The first-order valence-corrected chi connectivity index (χ1v) is 11.8. The Morgan fingerprint density at radius 1 is 0.970 bits per heavy atom. The van der Waals surface area contributed by atoms with Gasteiger partial charge in [-0.3, -0.25) is 13.9 Å². The maximum atomic E-state index is 12.8. The van der Waals surface area contributed by atoms with Crippen molar-refractivity contribution in [1.82, 2.24) is 5.43 Å². The summed E-state index contributed by atoms with van der Waals surface area (Å²) in [6.45, 7) is 1.40. The quantitative estimate of drug-likeness (QED) is 0.238. The van der Waals surface area contributed by atoms with E-state index in [1.165, 1.54) is 23.5 Å². The SMILES string of the molecule is CC(=O)Oc1ccc(/C=N/NC(=O)c2ccccc2N(Cc2ccccc2)S(C)(=O)=O)cc1. The van der Waals surface area contributed by atoms with Crippen molar-refractivity contribution in [2.24, 2.45) is 5.10 Å². The Balaban J connectivity index is 1.78. The molecule has 0 aliphatic carbocycles. The van der Waals surface area contributed by atoms with Crippen molar-refractivity contribution < 1.29 is 22.7 Å². The second-order valence-corrected chi connectivity index (χ2v) is 9.04. The Bertz CT molecular complexity index is 1260. The molecule has 33 heavy (non-hydrogen) atoms. The van der Waals surface area contributed by atoms with E-state index in [4.69, 9.17) is 4.74 Å². The van der Waals surface area contributed by atoms with Crippen molar-refractivity contribution in [1.29, 1.82) is 0 Å². The van der Waals surface area contributed by atoms with E-state index < -0.39 is 21.9 Å². The molecule has 0 unspecified atom stereocenters. The molecule has 0 spiro atoms. The second-order valence-electron chi connectivity index (χ2n) is 7.13. The second kappa shape index (κ2) is 10.6. The maximum Gasteiger partial charge on any atom is 0.308 e. The van der Waals surface area contributed by atoms with Gasteiger partial charge >= 0.3 is 5.97 Å². The number of hydrazone groups is 1. The van der Waals surface area contributed by atoms with Crippen LogP contribution in [0.15, 0.2) is 84.0 Å². The fraction of sp³-hybridized carbons (Fsp3) is 0.125. The van der Waals surface area contributed by atoms with Crippen LogP contribution in [0.5, 0.6) is 5.75 Å². The van der Waals surface area contributed by atoms with Gasteiger partial charge in [0.15, 0.2) is 0 Å². The van der Waals surface area contributed by atoms with E-state index in [1.807, 2.05) is 30.3 Å². The first-order chi connectivity index (χ1) is 15.7. The van der Waals surface area contributed by atoms with Crippen LogP contribution in [-0.4, -0.2) is 32.8 Å². The highest BCUT2D eigenvalue weighted by molar-refractivity contribution is 7.92. The van der Waals surface area contributed by atoms with Crippen LogP contribution in [-0.2, 0) is 21.4 Å². The molecule has 1 amide bonds. The zero-order chi connectivity index (χ0) is 23.8. The molecule has 3 rings (SSSR count). The zero-order valence-electron chi connectivity index (χ0n) is 18.1. The zero-order valence-corrected chi connectivity index (χ0v) is 19.0. The average molecular weight is 466 g/mol. The van der Waals surface area contributed by atoms with Crippen molar-refractivity contribution in [3.63, 3.8) is 0 Å². The summed E-state index contributed by atoms with van der Waals surface area (Å²) in [6, 6.07) is 22.1. The Hall–Kier alpha value is -3.98. The summed E-state index contributed by atoms with van der Waals surface area (Å²) in [4.78, 5) is 23.8. The predicted molar refractivity (Wildman–Crippen MR) is 127 cm³/mol. The van der Waals surface area contributed by atoms with Crippen LogP contribution in [0.2, 0.25) is 0 Å². The predicted octanol–water partition coefficient (Wildman–Crippen LogP) is 3.34. The topological polar surface area (TPSA) is 105 Å². The largest absolute Gasteiger partial charge is 0.427 e. The molecular weight excluding hydrogens is 442 g/mol. The molecule has 0 atom stereocenters. The molecule has 0 saturated heterocycles. The van der Waals surface area contributed by atoms with E-state index in [2.05, 4.69) is 10.5 Å². The number of esters is 1. The van der Waals surface area contributed by atoms with Crippen LogP contribution in [0.1, 0.15) is 28.4 Å². The maximum absolute atomic E-state index is 12.8. The van der Waals surface area contributed by atoms with Crippen LogP contribution in [0.3, 0.4) is 0 Å². The number of sulfonamides is 1. The number of para-hydroxylation sites is 1. The summed E-state index contributed by atoms with van der Waals surface area (Å²) in [5.74, 6) is -0.574. The van der Waals surface area contributed by atoms with Crippen LogP contribution >= 0.6 is 0 Å². The molecule has 0 saturated carbocycles. The lowest BCUT2D eigenvalue weighted by Crippen LogP contribution is -2.32. The molecule has 1 N–H and O–H groups in total. The molecule has 3 aromatic rings. The minimum absolute atomic E-state index is 0.0852. The van der Waals surface area contributed by atoms with E-state index >= 15 is 0 Å². The van der Waals surface area contributed by atoms with E-state index in [1.54, 1.807) is 42.5 Å². The van der Waals surface area contributed by atoms with Crippen molar-refractivity contribution in [2.75, 3.05) is 10.6 Å². The van der Waals surface area contributed by atoms with Gasteiger partial charge in [0, 0.05) is 6.92 Å². The third kappa shape index (κ3) is 6.75. The van der Waals surface area contributed by atoms with Gasteiger partial charge in [-0.25, -0.2) is 13.8 Å². The fourth-order valence-corrected chi connectivity index (χ4v) is 3.93. The highest BCUT2D eigenvalue weighted by Crippen LogP contribution is 2.25. The van der Waals surface area contributed by atoms with Crippen LogP contribution in [0.4, 0.5) is 5.69 Å². The number of anilines is 1. The Labute approximate surface area is 192 Å². The van der Waals surface area contributed by atoms with Gasteiger partial charge in [-0.2, -0.15) is 5.10 Å². The molecule has 3 aromatic carbocycles. The summed E-state index contributed by atoms with van der Waals surface area (Å²) in [6.07, 6.45) is 2.53. The van der Waals surface area contributed by atoms with Crippen LogP contribution in [0, 0.1) is 0 Å². The number of ether oxygens (including phenoxy) is 1. The molecule has 8 nitrogen and oxygen atoms in total. The molecule has 9 heteroatoms. The molecule has 0 aromatic heterocycles. The fourth-order valence-electron chi connectivity index (χ4n) is 3.03. The lowest BCUT2D eigenvalue weighted by molar-refractivity contribution is -0.131. The molecule has 0 aliphatic rings. The third-order valence-electron chi connectivity index (χ3n) is 4.51. The van der Waals surface area contributed by atoms with Gasteiger partial charge in [0.05, 0.1) is 30.3 Å². The number of nitrogens with zero attached hydrogens (tertiary/aromatic N) is 2. The molecule has 0 heterocycles. The van der Waals surface area contributed by atoms with Gasteiger partial charge in [0.25, 0.3) is 5.91 Å². The highest BCUT2D eigenvalue weighted by atomic mass is 32.2. The average Bonchev–Trinajstić information content (AvgIpc) is 2.78. The summed E-state index contributed by atoms with van der Waals surface area (Å²) in [5, 5.41) is 3.95. The number of hydrogen-bond donors (Lipinski definition) is 1. The summed E-state index contributed by atoms with van der Waals surface area (Å²) < 4.78 is 31.2. The monoisotopic (exact) mass is 465 g/mol. The molecule has 0 bridgehead atoms. The number of carbonyl (C=O) groups excluding carboxylic acids is 2. The number of nitrogens with one attached hydrogen (secondary N) is 1. The minimum Gasteiger partial charge on any atom is -0.427 e. The number of amides is 1. The van der Waals surface area contributed by atoms with Gasteiger partial charge in [-0.15, -0.1) is 0 Å². The Morgan fingerprint density at radius 2 is 1.61 bits per heavy atom. The smallest absolute Gasteiger partial charge is 0.308 e. The van der Waals surface area contributed by atoms with Gasteiger partial charge in [0.2, 0.25) is 10.0 Å². The summed E-state index contributed by atoms with van der Waals surface area (Å²) in [5.41, 5.74) is 4.30. The van der Waals surface area contributed by atoms with Gasteiger partial charge < -0.3 is 4.74 Å². The van der Waals surface area contributed by atoms with E-state index in [9.17, 15) is 18.0 Å². The van der Waals surface area contributed by atoms with E-state index in [-0.39, 0.29) is 17.8 Å². The van der Waals surface area contributed by atoms with Crippen LogP contribution < -0.4 is 14.5 Å². The third-order valence-corrected chi connectivity index (χ3v) is 5.63. The lowest BCUT2D eigenvalue weighted by Gasteiger charge is -2.24. The number of rotatable bonds is 8. The van der Waals surface area contributed by atoms with Crippen molar-refractivity contribution in [3.05, 3.63) is 95.6 Å². The summed E-state index contributed by atoms with van der Waals surface area (Å²) in [7, 11) is -3.67.